The Bertz CT molecular complexity index is 405. The third-order valence-electron chi connectivity index (χ3n) is 3.33. The van der Waals surface area contributed by atoms with Crippen molar-refractivity contribution in [2.45, 2.75) is 25.3 Å². The van der Waals surface area contributed by atoms with Crippen LogP contribution >= 0.6 is 0 Å². The fourth-order valence-corrected chi connectivity index (χ4v) is 2.13. The molecule has 0 aliphatic carbocycles. The molecule has 5 nitrogen and oxygen atoms in total. The van der Waals surface area contributed by atoms with E-state index in [9.17, 15) is 4.79 Å². The average molecular weight is 250 g/mol. The Morgan fingerprint density at radius 2 is 2.39 bits per heavy atom. The number of nitrogens with zero attached hydrogens (tertiary/aromatic N) is 2. The molecule has 0 amide bonds. The van der Waals surface area contributed by atoms with Gasteiger partial charge in [-0.3, -0.25) is 0 Å². The van der Waals surface area contributed by atoms with Gasteiger partial charge in [-0.05, 0) is 32.5 Å². The summed E-state index contributed by atoms with van der Waals surface area (Å²) >= 11 is 0. The maximum atomic E-state index is 10.7. The molecule has 1 aromatic heterocycles. The van der Waals surface area contributed by atoms with E-state index in [4.69, 9.17) is 9.84 Å². The summed E-state index contributed by atoms with van der Waals surface area (Å²) in [4.78, 5) is 17.0. The summed E-state index contributed by atoms with van der Waals surface area (Å²) in [6, 6.07) is 3.54. The summed E-state index contributed by atoms with van der Waals surface area (Å²) in [6.45, 7) is 1.72. The first-order valence-electron chi connectivity index (χ1n) is 6.19. The van der Waals surface area contributed by atoms with Gasteiger partial charge in [0, 0.05) is 18.3 Å². The van der Waals surface area contributed by atoms with Crippen LogP contribution in [0.25, 0.3) is 0 Å². The Balaban J connectivity index is 1.87. The monoisotopic (exact) mass is 250 g/mol. The van der Waals surface area contributed by atoms with Crippen molar-refractivity contribution in [2.75, 3.05) is 20.2 Å². The van der Waals surface area contributed by atoms with Crippen molar-refractivity contribution >= 4 is 5.97 Å². The van der Waals surface area contributed by atoms with Crippen LogP contribution in [0, 0.1) is 0 Å². The van der Waals surface area contributed by atoms with E-state index in [1.807, 2.05) is 0 Å². The number of aromatic nitrogens is 1. The molecule has 1 atom stereocenters. The van der Waals surface area contributed by atoms with Gasteiger partial charge in [-0.1, -0.05) is 6.42 Å². The van der Waals surface area contributed by atoms with Crippen molar-refractivity contribution in [3.05, 3.63) is 23.9 Å². The minimum absolute atomic E-state index is 0.178. The van der Waals surface area contributed by atoms with E-state index in [-0.39, 0.29) is 5.56 Å². The molecule has 5 heteroatoms. The molecule has 1 saturated heterocycles. The Morgan fingerprint density at radius 3 is 3.00 bits per heavy atom. The second-order valence-corrected chi connectivity index (χ2v) is 4.63. The molecule has 0 spiro atoms. The number of piperidine rings is 1. The second-order valence-electron chi connectivity index (χ2n) is 4.63. The van der Waals surface area contributed by atoms with Crippen LogP contribution in [0.4, 0.5) is 0 Å². The molecule has 2 heterocycles. The summed E-state index contributed by atoms with van der Waals surface area (Å²) in [5.74, 6) is -0.486. The minimum Gasteiger partial charge on any atom is -0.478 e. The van der Waals surface area contributed by atoms with Crippen molar-refractivity contribution in [1.82, 2.24) is 9.88 Å². The zero-order chi connectivity index (χ0) is 13.0. The van der Waals surface area contributed by atoms with Crippen LogP contribution in [0.15, 0.2) is 18.3 Å². The number of rotatable bonds is 4. The number of likely N-dealkylation sites (tertiary alicyclic amines) is 1. The van der Waals surface area contributed by atoms with Crippen LogP contribution in [0.1, 0.15) is 29.6 Å². The number of carboxylic acid groups (broad SMARTS) is 1. The summed E-state index contributed by atoms with van der Waals surface area (Å²) in [6.07, 6.45) is 4.95. The second kappa shape index (κ2) is 5.82. The number of carbonyl (C=O) groups is 1. The molecule has 1 unspecified atom stereocenters. The van der Waals surface area contributed by atoms with E-state index in [0.29, 0.717) is 18.5 Å². The van der Waals surface area contributed by atoms with Crippen LogP contribution in [0.3, 0.4) is 0 Å². The van der Waals surface area contributed by atoms with Gasteiger partial charge in [0.1, 0.15) is 6.61 Å². The van der Waals surface area contributed by atoms with Crippen LogP contribution in [0.2, 0.25) is 0 Å². The van der Waals surface area contributed by atoms with Crippen molar-refractivity contribution in [2.24, 2.45) is 0 Å². The van der Waals surface area contributed by atoms with E-state index >= 15 is 0 Å². The Morgan fingerprint density at radius 1 is 1.56 bits per heavy atom. The number of hydrogen-bond acceptors (Lipinski definition) is 4. The van der Waals surface area contributed by atoms with Crippen LogP contribution < -0.4 is 4.74 Å². The van der Waals surface area contributed by atoms with Gasteiger partial charge in [-0.2, -0.15) is 0 Å². The summed E-state index contributed by atoms with van der Waals surface area (Å²) in [7, 11) is 2.11. The predicted octanol–water partition coefficient (Wildman–Crippen LogP) is 1.64. The highest BCUT2D eigenvalue weighted by Crippen LogP contribution is 2.16. The van der Waals surface area contributed by atoms with E-state index < -0.39 is 5.97 Å². The fourth-order valence-electron chi connectivity index (χ4n) is 2.13. The molecule has 18 heavy (non-hydrogen) atoms. The summed E-state index contributed by atoms with van der Waals surface area (Å²) in [5, 5.41) is 8.76. The standard InChI is InChI=1S/C13H18N2O3/c1-15-7-3-2-4-11(15)9-18-12-6-5-10(8-14-12)13(16)17/h5-6,8,11H,2-4,7,9H2,1H3,(H,16,17). The zero-order valence-electron chi connectivity index (χ0n) is 10.5. The minimum atomic E-state index is -0.971. The quantitative estimate of drug-likeness (QED) is 0.880. The third kappa shape index (κ3) is 3.20. The van der Waals surface area contributed by atoms with Gasteiger partial charge >= 0.3 is 5.97 Å². The summed E-state index contributed by atoms with van der Waals surface area (Å²) < 4.78 is 5.60. The van der Waals surface area contributed by atoms with Crippen molar-refractivity contribution in [3.8, 4) is 5.88 Å². The lowest BCUT2D eigenvalue weighted by atomic mass is 10.0. The lowest BCUT2D eigenvalue weighted by molar-refractivity contribution is 0.0696. The Labute approximate surface area is 106 Å². The van der Waals surface area contributed by atoms with Crippen molar-refractivity contribution in [1.29, 1.82) is 0 Å². The predicted molar refractivity (Wildman–Crippen MR) is 67.0 cm³/mol. The molecule has 1 aliphatic rings. The van der Waals surface area contributed by atoms with Gasteiger partial charge in [0.25, 0.3) is 0 Å². The van der Waals surface area contributed by atoms with Gasteiger partial charge in [0.2, 0.25) is 5.88 Å². The fraction of sp³-hybridized carbons (Fsp3) is 0.538. The number of aromatic carboxylic acids is 1. The molecule has 1 fully saturated rings. The molecule has 0 saturated carbocycles. The lowest BCUT2D eigenvalue weighted by Gasteiger charge is -2.31. The van der Waals surface area contributed by atoms with Gasteiger partial charge < -0.3 is 14.7 Å². The van der Waals surface area contributed by atoms with Gasteiger partial charge in [-0.25, -0.2) is 9.78 Å². The Hall–Kier alpha value is -1.62. The van der Waals surface area contributed by atoms with E-state index in [2.05, 4.69) is 16.9 Å². The first kappa shape index (κ1) is 12.8. The zero-order valence-corrected chi connectivity index (χ0v) is 10.5. The Kier molecular flexibility index (Phi) is 4.15. The molecule has 1 N–H and O–H groups in total. The molecule has 1 aromatic rings. The van der Waals surface area contributed by atoms with Gasteiger partial charge in [0.15, 0.2) is 0 Å². The van der Waals surface area contributed by atoms with Crippen molar-refractivity contribution < 1.29 is 14.6 Å². The normalized spacial score (nSPS) is 20.6. The molecule has 0 aromatic carbocycles. The first-order chi connectivity index (χ1) is 8.66. The number of carboxylic acids is 1. The van der Waals surface area contributed by atoms with Crippen LogP contribution in [0.5, 0.6) is 5.88 Å². The first-order valence-corrected chi connectivity index (χ1v) is 6.19. The maximum absolute atomic E-state index is 10.7. The number of likely N-dealkylation sites (N-methyl/N-ethyl adjacent to an activating group) is 1. The molecule has 0 radical (unpaired) electrons. The summed E-state index contributed by atoms with van der Waals surface area (Å²) in [5.41, 5.74) is 0.178. The van der Waals surface area contributed by atoms with Gasteiger partial charge in [0.05, 0.1) is 5.56 Å². The van der Waals surface area contributed by atoms with E-state index in [0.717, 1.165) is 13.0 Å². The number of ether oxygens (including phenoxy) is 1. The smallest absolute Gasteiger partial charge is 0.337 e. The highest BCUT2D eigenvalue weighted by atomic mass is 16.5. The molecule has 98 valence electrons. The molecule has 0 bridgehead atoms. The van der Waals surface area contributed by atoms with Crippen LogP contribution in [-0.4, -0.2) is 47.2 Å². The molecule has 2 rings (SSSR count). The number of pyridine rings is 1. The highest BCUT2D eigenvalue weighted by Gasteiger charge is 2.19. The molecular weight excluding hydrogens is 232 g/mol. The van der Waals surface area contributed by atoms with E-state index in [1.54, 1.807) is 6.07 Å². The maximum Gasteiger partial charge on any atom is 0.337 e. The van der Waals surface area contributed by atoms with Crippen LogP contribution in [-0.2, 0) is 0 Å². The molecule has 1 aliphatic heterocycles. The van der Waals surface area contributed by atoms with Crippen molar-refractivity contribution in [3.63, 3.8) is 0 Å². The average Bonchev–Trinajstić information content (AvgIpc) is 2.38. The highest BCUT2D eigenvalue weighted by molar-refractivity contribution is 5.87. The topological polar surface area (TPSA) is 62.7 Å². The lowest BCUT2D eigenvalue weighted by Crippen LogP contribution is -2.40. The third-order valence-corrected chi connectivity index (χ3v) is 3.33. The number of hydrogen-bond donors (Lipinski definition) is 1. The molecular formula is C13H18N2O3. The van der Waals surface area contributed by atoms with Gasteiger partial charge in [-0.15, -0.1) is 0 Å². The van der Waals surface area contributed by atoms with E-state index in [1.165, 1.54) is 25.1 Å². The SMILES string of the molecule is CN1CCCCC1COc1ccc(C(=O)O)cn1. The largest absolute Gasteiger partial charge is 0.478 e.